The van der Waals surface area contributed by atoms with Crippen LogP contribution in [0.25, 0.3) is 0 Å². The SMILES string of the molecule is CC1=C(C)C(C)[C]([Zr+2][CH]2C(CC(C)C)=CC3=C2CCCC3c2ccccc2)=C1C.[Cl-].[Cl-]. The maximum absolute atomic E-state index is 2.68. The molecule has 0 saturated heterocycles. The van der Waals surface area contributed by atoms with Crippen LogP contribution in [0.3, 0.4) is 0 Å². The number of hydrogen-bond acceptors (Lipinski definition) is 0. The Morgan fingerprint density at radius 3 is 2.26 bits per heavy atom. The molecule has 0 radical (unpaired) electrons. The molecule has 0 aromatic heterocycles. The molecule has 0 aliphatic heterocycles. The van der Waals surface area contributed by atoms with Gasteiger partial charge in [-0.1, -0.05) is 0 Å². The third-order valence-electron chi connectivity index (χ3n) is 7.53. The van der Waals surface area contributed by atoms with Crippen molar-refractivity contribution in [3.05, 3.63) is 78.7 Å². The van der Waals surface area contributed by atoms with E-state index in [-0.39, 0.29) is 24.8 Å². The maximum atomic E-state index is 2.68. The van der Waals surface area contributed by atoms with Gasteiger partial charge in [0.2, 0.25) is 0 Å². The van der Waals surface area contributed by atoms with Crippen molar-refractivity contribution in [2.75, 3.05) is 0 Å². The van der Waals surface area contributed by atoms with Crippen LogP contribution < -0.4 is 24.8 Å². The summed E-state index contributed by atoms with van der Waals surface area (Å²) in [6.45, 7) is 14.4. The number of halogens is 2. The fraction of sp³-hybridized carbons (Fsp3) is 0.500. The number of benzene rings is 1. The normalized spacial score (nSPS) is 25.3. The van der Waals surface area contributed by atoms with Gasteiger partial charge in [-0.3, -0.25) is 0 Å². The Morgan fingerprint density at radius 2 is 1.68 bits per heavy atom. The molecule has 1 aromatic rings. The second-order valence-electron chi connectivity index (χ2n) is 9.80. The Labute approximate surface area is 214 Å². The Balaban J connectivity index is 0.00000171. The summed E-state index contributed by atoms with van der Waals surface area (Å²) in [7, 11) is 0. The first kappa shape index (κ1) is 26.9. The van der Waals surface area contributed by atoms with Gasteiger partial charge in [-0.15, -0.1) is 0 Å². The summed E-state index contributed by atoms with van der Waals surface area (Å²) in [6, 6.07) is 11.3. The topological polar surface area (TPSA) is 0 Å². The Hall–Kier alpha value is -0.357. The van der Waals surface area contributed by atoms with Gasteiger partial charge in [-0.05, 0) is 0 Å². The summed E-state index contributed by atoms with van der Waals surface area (Å²) in [5.74, 6) is 2.07. The first-order valence-corrected chi connectivity index (χ1v) is 14.2. The van der Waals surface area contributed by atoms with Gasteiger partial charge < -0.3 is 24.8 Å². The zero-order valence-corrected chi connectivity index (χ0v) is 23.8. The fourth-order valence-corrected chi connectivity index (χ4v) is 10.7. The molecule has 0 N–H and O–H groups in total. The molecule has 3 aliphatic carbocycles. The number of rotatable bonds is 5. The largest absolute Gasteiger partial charge is 1.00 e. The third kappa shape index (κ3) is 5.26. The van der Waals surface area contributed by atoms with Crippen molar-refractivity contribution in [1.82, 2.24) is 0 Å². The molecular formula is C28H36Cl2Zr. The molecule has 0 fully saturated rings. The molecule has 166 valence electrons. The molecule has 0 bridgehead atoms. The third-order valence-corrected chi connectivity index (χ3v) is 12.8. The van der Waals surface area contributed by atoms with Gasteiger partial charge in [0.1, 0.15) is 0 Å². The summed E-state index contributed by atoms with van der Waals surface area (Å²) in [4.78, 5) is 0. The molecular weight excluding hydrogens is 498 g/mol. The van der Waals surface area contributed by atoms with Crippen molar-refractivity contribution < 1.29 is 48.0 Å². The zero-order chi connectivity index (χ0) is 20.7. The van der Waals surface area contributed by atoms with Gasteiger partial charge in [0.15, 0.2) is 0 Å². The summed E-state index contributed by atoms with van der Waals surface area (Å²) in [5, 5.41) is 0. The van der Waals surface area contributed by atoms with Crippen molar-refractivity contribution in [3.63, 3.8) is 0 Å². The predicted octanol–water partition coefficient (Wildman–Crippen LogP) is 2.38. The molecule has 3 heteroatoms. The Morgan fingerprint density at radius 1 is 1.00 bits per heavy atom. The second kappa shape index (κ2) is 11.2. The molecule has 1 aromatic carbocycles. The summed E-state index contributed by atoms with van der Waals surface area (Å²) < 4.78 is 2.69. The van der Waals surface area contributed by atoms with Crippen LogP contribution in [0.4, 0.5) is 0 Å². The van der Waals surface area contributed by atoms with Gasteiger partial charge in [0.05, 0.1) is 0 Å². The predicted molar refractivity (Wildman–Crippen MR) is 122 cm³/mol. The van der Waals surface area contributed by atoms with E-state index in [0.29, 0.717) is 11.8 Å². The minimum atomic E-state index is -0.694. The molecule has 0 nitrogen and oxygen atoms in total. The van der Waals surface area contributed by atoms with Gasteiger partial charge in [0.25, 0.3) is 0 Å². The van der Waals surface area contributed by atoms with E-state index in [1.165, 1.54) is 31.2 Å². The molecule has 4 rings (SSSR count). The first-order chi connectivity index (χ1) is 13.9. The van der Waals surface area contributed by atoms with Crippen LogP contribution in [-0.2, 0) is 23.2 Å². The number of allylic oxidation sites excluding steroid dienone is 8. The van der Waals surface area contributed by atoms with Crippen LogP contribution in [0.2, 0.25) is 3.63 Å². The monoisotopic (exact) mass is 532 g/mol. The van der Waals surface area contributed by atoms with E-state index in [0.717, 1.165) is 9.54 Å². The molecule has 3 unspecified atom stereocenters. The molecule has 0 spiro atoms. The summed E-state index contributed by atoms with van der Waals surface area (Å²) in [5.41, 5.74) is 11.7. The molecule has 0 heterocycles. The van der Waals surface area contributed by atoms with Crippen molar-refractivity contribution in [2.24, 2.45) is 11.8 Å². The summed E-state index contributed by atoms with van der Waals surface area (Å²) in [6.07, 6.45) is 7.99. The Kier molecular flexibility index (Phi) is 9.70. The van der Waals surface area contributed by atoms with E-state index in [4.69, 9.17) is 0 Å². The zero-order valence-electron chi connectivity index (χ0n) is 19.9. The minimum Gasteiger partial charge on any atom is -1.00 e. The average molecular weight is 535 g/mol. The molecule has 0 saturated carbocycles. The van der Waals surface area contributed by atoms with Crippen molar-refractivity contribution in [3.8, 4) is 0 Å². The van der Waals surface area contributed by atoms with Crippen LogP contribution >= 0.6 is 0 Å². The van der Waals surface area contributed by atoms with Gasteiger partial charge in [-0.25, -0.2) is 0 Å². The molecule has 3 atom stereocenters. The van der Waals surface area contributed by atoms with Crippen LogP contribution in [-0.4, -0.2) is 0 Å². The van der Waals surface area contributed by atoms with E-state index in [1.54, 1.807) is 27.9 Å². The smallest absolute Gasteiger partial charge is 1.00 e. The van der Waals surface area contributed by atoms with Crippen molar-refractivity contribution >= 4 is 0 Å². The van der Waals surface area contributed by atoms with E-state index in [1.807, 2.05) is 8.85 Å². The van der Waals surface area contributed by atoms with Crippen LogP contribution in [0.5, 0.6) is 0 Å². The first-order valence-electron chi connectivity index (χ1n) is 11.5. The summed E-state index contributed by atoms with van der Waals surface area (Å²) >= 11 is -0.694. The minimum absolute atomic E-state index is 0. The van der Waals surface area contributed by atoms with Crippen LogP contribution in [0.15, 0.2) is 73.1 Å². The van der Waals surface area contributed by atoms with E-state index in [2.05, 4.69) is 78.0 Å². The average Bonchev–Trinajstić information content (AvgIpc) is 3.14. The van der Waals surface area contributed by atoms with Gasteiger partial charge in [0, 0.05) is 0 Å². The van der Waals surface area contributed by atoms with Gasteiger partial charge in [-0.2, -0.15) is 0 Å². The molecule has 3 aliphatic rings. The van der Waals surface area contributed by atoms with Crippen LogP contribution in [0.1, 0.15) is 78.7 Å². The second-order valence-corrected chi connectivity index (χ2v) is 13.3. The Bertz CT molecular complexity index is 918. The van der Waals surface area contributed by atoms with Gasteiger partial charge >= 0.3 is 191 Å². The standard InChI is InChI=1S/C19H23.C9H13.2ClH.Zr/c1-14(2)11-15-12-17-9-6-10-18(19(17)13-15)16-7-4-3-5-8-16;1-6-5-7(2)9(4)8(6)3;;;/h3-5,7-8,12-14,18H,6,9-11H2,1-2H3;6H,1-4H3;2*1H;/q;;;;+2/p-2. The molecule has 31 heavy (non-hydrogen) atoms. The van der Waals surface area contributed by atoms with E-state index >= 15 is 0 Å². The van der Waals surface area contributed by atoms with Crippen LogP contribution in [0, 0.1) is 11.8 Å². The number of hydrogen-bond donors (Lipinski definition) is 0. The quantitative estimate of drug-likeness (QED) is 0.545. The maximum Gasteiger partial charge on any atom is -1.00 e. The van der Waals surface area contributed by atoms with E-state index in [9.17, 15) is 0 Å². The molecule has 0 amide bonds. The fourth-order valence-electron chi connectivity index (χ4n) is 5.64. The van der Waals surface area contributed by atoms with E-state index < -0.39 is 23.2 Å². The van der Waals surface area contributed by atoms with Crippen molar-refractivity contribution in [2.45, 2.75) is 76.8 Å². The van der Waals surface area contributed by atoms with Crippen molar-refractivity contribution in [1.29, 1.82) is 0 Å².